The summed E-state index contributed by atoms with van der Waals surface area (Å²) < 4.78 is 31.1. The third-order valence-electron chi connectivity index (χ3n) is 10.5. The number of likely N-dealkylation sites (N-methyl/N-ethyl adjacent to an activating group) is 2. The van der Waals surface area contributed by atoms with Crippen LogP contribution in [0.3, 0.4) is 0 Å². The highest BCUT2D eigenvalue weighted by Crippen LogP contribution is 2.38. The predicted octanol–water partition coefficient (Wildman–Crippen LogP) is 5.12. The fraction of sp³-hybridized carbons (Fsp3) is 0.238. The number of alkyl halides is 2. The summed E-state index contributed by atoms with van der Waals surface area (Å²) in [4.78, 5) is 61.2. The van der Waals surface area contributed by atoms with Crippen LogP contribution in [0.4, 0.5) is 20.2 Å². The smallest absolute Gasteiger partial charge is 0.289 e. The highest BCUT2D eigenvalue weighted by molar-refractivity contribution is 6.03. The van der Waals surface area contributed by atoms with Gasteiger partial charge in [0.25, 0.3) is 11.8 Å². The van der Waals surface area contributed by atoms with Crippen LogP contribution in [0.1, 0.15) is 80.3 Å². The molecular weight excluding hydrogens is 747 g/mol. The average Bonchev–Trinajstić information content (AvgIpc) is 3.89. The number of amides is 4. The molecule has 0 unspecified atom stereocenters. The number of halogens is 2. The SMILES string of the molecule is CN1C(=O)[C@H](NC(=O)c2nnc(Cc3ccccc3)[nH]2)C[C@@H](F)c2cc(-c3ccc(Cc4nnc(C(=O)N[C@H]5C[C@H](F)c6ccccc6N(C)C5=O)[nH]4)cc3)ccc21. The molecule has 0 saturated heterocycles. The molecule has 4 N–H and O–H groups in total. The van der Waals surface area contributed by atoms with Crippen LogP contribution in [0.15, 0.2) is 97.1 Å². The Balaban J connectivity index is 0.896. The molecule has 0 saturated carbocycles. The molecule has 0 fully saturated rings. The number of rotatable bonds is 9. The lowest BCUT2D eigenvalue weighted by Crippen LogP contribution is -2.47. The number of fused-ring (bicyclic) bond motifs is 2. The standard InChI is InChI=1S/C42H38F2N10O4/c1-53-33-11-7-6-10-27(33)29(43)21-31(41(53)57)45-39(55)38-48-36(50-52-38)19-24-12-14-25(15-13-24)26-16-17-34-28(20-26)30(44)22-32(42(58)54(34)2)46-40(56)37-47-35(49-51-37)18-23-8-4-3-5-9-23/h3-17,20,29-32H,18-19,21-22H2,1-2H3,(H,45,55)(H,46,56)(H,47,49,51)(H,48,50,52)/t29-,30+,31-,32+/m0/s1. The van der Waals surface area contributed by atoms with Gasteiger partial charge in [0, 0.05) is 62.3 Å². The van der Waals surface area contributed by atoms with E-state index in [-0.39, 0.29) is 24.5 Å². The first-order valence-electron chi connectivity index (χ1n) is 18.7. The molecule has 0 spiro atoms. The van der Waals surface area contributed by atoms with Gasteiger partial charge in [-0.15, -0.1) is 20.4 Å². The minimum atomic E-state index is -1.56. The molecule has 0 bridgehead atoms. The summed E-state index contributed by atoms with van der Waals surface area (Å²) in [6.07, 6.45) is -2.77. The maximum atomic E-state index is 16.0. The average molecular weight is 785 g/mol. The van der Waals surface area contributed by atoms with Crippen molar-refractivity contribution in [1.82, 2.24) is 41.0 Å². The van der Waals surface area contributed by atoms with Gasteiger partial charge >= 0.3 is 0 Å². The largest absolute Gasteiger partial charge is 0.337 e. The molecule has 6 aromatic rings. The Kier molecular flexibility index (Phi) is 10.3. The van der Waals surface area contributed by atoms with Crippen LogP contribution < -0.4 is 20.4 Å². The van der Waals surface area contributed by atoms with E-state index in [2.05, 4.69) is 41.0 Å². The van der Waals surface area contributed by atoms with Crippen molar-refractivity contribution in [2.24, 2.45) is 0 Å². The molecule has 4 aromatic carbocycles. The van der Waals surface area contributed by atoms with Crippen LogP contribution in [0.2, 0.25) is 0 Å². The van der Waals surface area contributed by atoms with Gasteiger partial charge in [-0.3, -0.25) is 19.2 Å². The first-order chi connectivity index (χ1) is 28.0. The van der Waals surface area contributed by atoms with E-state index in [0.717, 1.165) is 22.3 Å². The Hall–Kier alpha value is -7.10. The number of carbonyl (C=O) groups is 4. The molecule has 58 heavy (non-hydrogen) atoms. The fourth-order valence-corrected chi connectivity index (χ4v) is 7.37. The molecule has 2 aromatic heterocycles. The van der Waals surface area contributed by atoms with Crippen molar-refractivity contribution >= 4 is 35.0 Å². The number of aromatic nitrogens is 6. The topological polar surface area (TPSA) is 182 Å². The molecule has 2 aliphatic heterocycles. The summed E-state index contributed by atoms with van der Waals surface area (Å²) in [5.41, 5.74) is 4.89. The van der Waals surface area contributed by atoms with Gasteiger partial charge in [-0.05, 0) is 40.5 Å². The van der Waals surface area contributed by atoms with E-state index in [0.29, 0.717) is 47.0 Å². The highest BCUT2D eigenvalue weighted by Gasteiger charge is 2.36. The number of nitrogens with zero attached hydrogens (tertiary/aromatic N) is 6. The number of nitrogens with one attached hydrogen (secondary N) is 4. The molecule has 4 amide bonds. The zero-order valence-corrected chi connectivity index (χ0v) is 31.4. The van der Waals surface area contributed by atoms with Crippen molar-refractivity contribution < 1.29 is 28.0 Å². The molecule has 294 valence electrons. The van der Waals surface area contributed by atoms with Crippen molar-refractivity contribution in [3.63, 3.8) is 0 Å². The molecule has 0 radical (unpaired) electrons. The van der Waals surface area contributed by atoms with Crippen LogP contribution in [0.5, 0.6) is 0 Å². The van der Waals surface area contributed by atoms with Crippen LogP contribution in [-0.2, 0) is 22.4 Å². The monoisotopic (exact) mass is 784 g/mol. The van der Waals surface area contributed by atoms with E-state index < -0.39 is 48.1 Å². The van der Waals surface area contributed by atoms with Crippen molar-refractivity contribution in [1.29, 1.82) is 0 Å². The molecule has 2 aliphatic rings. The Morgan fingerprint density at radius 1 is 0.621 bits per heavy atom. The Morgan fingerprint density at radius 2 is 1.10 bits per heavy atom. The van der Waals surface area contributed by atoms with Crippen LogP contribution >= 0.6 is 0 Å². The number of anilines is 2. The third-order valence-corrected chi connectivity index (χ3v) is 10.5. The van der Waals surface area contributed by atoms with Crippen molar-refractivity contribution in [3.05, 3.63) is 143 Å². The van der Waals surface area contributed by atoms with Gasteiger partial charge in [-0.2, -0.15) is 0 Å². The maximum Gasteiger partial charge on any atom is 0.289 e. The van der Waals surface area contributed by atoms with E-state index in [4.69, 9.17) is 0 Å². The second kappa shape index (κ2) is 15.8. The van der Waals surface area contributed by atoms with Gasteiger partial charge in [-0.1, -0.05) is 78.9 Å². The third kappa shape index (κ3) is 7.68. The predicted molar refractivity (Wildman–Crippen MR) is 209 cm³/mol. The summed E-state index contributed by atoms with van der Waals surface area (Å²) >= 11 is 0. The summed E-state index contributed by atoms with van der Waals surface area (Å²) in [6, 6.07) is 26.7. The second-order valence-corrected chi connectivity index (χ2v) is 14.4. The summed E-state index contributed by atoms with van der Waals surface area (Å²) in [6.45, 7) is 0. The summed E-state index contributed by atoms with van der Waals surface area (Å²) in [7, 11) is 3.09. The number of hydrogen-bond acceptors (Lipinski definition) is 8. The zero-order valence-electron chi connectivity index (χ0n) is 31.4. The minimum absolute atomic E-state index is 0.0706. The molecule has 4 heterocycles. The molecule has 8 rings (SSSR count). The minimum Gasteiger partial charge on any atom is -0.337 e. The van der Waals surface area contributed by atoms with Crippen molar-refractivity contribution in [3.8, 4) is 11.1 Å². The molecule has 4 atom stereocenters. The normalized spacial score (nSPS) is 19.2. The fourth-order valence-electron chi connectivity index (χ4n) is 7.37. The lowest BCUT2D eigenvalue weighted by atomic mass is 9.97. The highest BCUT2D eigenvalue weighted by atomic mass is 19.1. The number of aromatic amines is 2. The number of carbonyl (C=O) groups excluding carboxylic acids is 4. The van der Waals surface area contributed by atoms with Gasteiger partial charge in [0.05, 0.1) is 0 Å². The van der Waals surface area contributed by atoms with E-state index >= 15 is 8.78 Å². The number of benzene rings is 4. The lowest BCUT2D eigenvalue weighted by molar-refractivity contribution is -0.121. The van der Waals surface area contributed by atoms with Crippen LogP contribution in [0, 0.1) is 0 Å². The Labute approximate surface area is 331 Å². The van der Waals surface area contributed by atoms with Gasteiger partial charge in [-0.25, -0.2) is 8.78 Å². The van der Waals surface area contributed by atoms with Crippen LogP contribution in [-0.4, -0.2) is 80.2 Å². The molecule has 16 heteroatoms. The Morgan fingerprint density at radius 3 is 1.69 bits per heavy atom. The Bertz CT molecular complexity index is 2510. The first-order valence-corrected chi connectivity index (χ1v) is 18.7. The molecule has 14 nitrogen and oxygen atoms in total. The van der Waals surface area contributed by atoms with Gasteiger partial charge in [0.15, 0.2) is 0 Å². The van der Waals surface area contributed by atoms with E-state index in [9.17, 15) is 19.2 Å². The zero-order chi connectivity index (χ0) is 40.5. The summed E-state index contributed by atoms with van der Waals surface area (Å²) in [5.74, 6) is -1.55. The number of para-hydroxylation sites is 1. The number of hydrogen-bond donors (Lipinski definition) is 4. The van der Waals surface area contributed by atoms with Gasteiger partial charge in [0.1, 0.15) is 36.1 Å². The van der Waals surface area contributed by atoms with E-state index in [1.54, 1.807) is 56.6 Å². The van der Waals surface area contributed by atoms with Crippen molar-refractivity contribution in [2.45, 2.75) is 50.1 Å². The van der Waals surface area contributed by atoms with E-state index in [1.807, 2.05) is 54.6 Å². The van der Waals surface area contributed by atoms with Crippen molar-refractivity contribution in [2.75, 3.05) is 23.9 Å². The van der Waals surface area contributed by atoms with Gasteiger partial charge < -0.3 is 30.4 Å². The second-order valence-electron chi connectivity index (χ2n) is 14.4. The molecule has 0 aliphatic carbocycles. The quantitative estimate of drug-likeness (QED) is 0.156. The van der Waals surface area contributed by atoms with Gasteiger partial charge in [0.2, 0.25) is 23.5 Å². The number of H-pyrrole nitrogens is 2. The van der Waals surface area contributed by atoms with E-state index in [1.165, 1.54) is 9.80 Å². The summed E-state index contributed by atoms with van der Waals surface area (Å²) in [5, 5.41) is 21.3. The maximum absolute atomic E-state index is 16.0. The lowest BCUT2D eigenvalue weighted by Gasteiger charge is -2.21. The molecular formula is C42H38F2N10O4. The first kappa shape index (κ1) is 37.8. The van der Waals surface area contributed by atoms with Crippen LogP contribution in [0.25, 0.3) is 11.1 Å².